The van der Waals surface area contributed by atoms with Gasteiger partial charge in [-0.15, -0.1) is 0 Å². The highest BCUT2D eigenvalue weighted by Gasteiger charge is 2.72. The molecule has 0 aromatic heterocycles. The van der Waals surface area contributed by atoms with Gasteiger partial charge in [-0.3, -0.25) is 9.35 Å². The summed E-state index contributed by atoms with van der Waals surface area (Å²) in [6, 6.07) is 0. The van der Waals surface area contributed by atoms with Crippen molar-refractivity contribution in [2.45, 2.75) is 62.2 Å². The number of hydrogen-bond acceptors (Lipinski definition) is 6. The molecule has 4 fully saturated rings. The molecule has 7 nitrogen and oxygen atoms in total. The maximum absolute atomic E-state index is 13.8. The third-order valence-electron chi connectivity index (χ3n) is 6.20. The van der Waals surface area contributed by atoms with Crippen LogP contribution < -0.4 is 0 Å². The molecule has 0 amide bonds. The number of ether oxygens (including phenoxy) is 2. The van der Waals surface area contributed by atoms with Crippen molar-refractivity contribution in [3.8, 4) is 0 Å². The number of alkyl halides is 5. The summed E-state index contributed by atoms with van der Waals surface area (Å²) < 4.78 is 107. The second-order valence-corrected chi connectivity index (χ2v) is 9.96. The highest BCUT2D eigenvalue weighted by Crippen LogP contribution is 2.68. The Morgan fingerprint density at radius 3 is 2.27 bits per heavy atom. The van der Waals surface area contributed by atoms with Gasteiger partial charge in [-0.2, -0.15) is 30.4 Å². The minimum absolute atomic E-state index is 0.0465. The molecule has 5 unspecified atom stereocenters. The first kappa shape index (κ1) is 22.9. The van der Waals surface area contributed by atoms with Gasteiger partial charge in [0.2, 0.25) is 0 Å². The Bertz CT molecular complexity index is 899. The Labute approximate surface area is 168 Å². The van der Waals surface area contributed by atoms with Crippen molar-refractivity contribution in [2.75, 3.05) is 0 Å². The van der Waals surface area contributed by atoms with Gasteiger partial charge < -0.3 is 9.47 Å². The van der Waals surface area contributed by atoms with Crippen LogP contribution in [0.15, 0.2) is 12.2 Å². The number of halogens is 5. The minimum atomic E-state index is -6.53. The molecule has 4 aliphatic rings. The Morgan fingerprint density at radius 1 is 1.17 bits per heavy atom. The highest BCUT2D eigenvalue weighted by atomic mass is 32.2. The van der Waals surface area contributed by atoms with Crippen LogP contribution in [0.25, 0.3) is 0 Å². The van der Waals surface area contributed by atoms with Crippen molar-refractivity contribution in [3.05, 3.63) is 12.2 Å². The van der Waals surface area contributed by atoms with Crippen LogP contribution in [0.4, 0.5) is 22.0 Å². The largest absolute Gasteiger partial charge is 0.456 e. The molecule has 1 N–H and O–H groups in total. The van der Waals surface area contributed by atoms with E-state index in [1.165, 1.54) is 6.92 Å². The maximum atomic E-state index is 13.8. The fraction of sp³-hybridized carbons (Fsp3) is 0.765. The van der Waals surface area contributed by atoms with Crippen molar-refractivity contribution in [1.29, 1.82) is 0 Å². The van der Waals surface area contributed by atoms with Crippen molar-refractivity contribution >= 4 is 22.1 Å². The first-order valence-corrected chi connectivity index (χ1v) is 10.4. The summed E-state index contributed by atoms with van der Waals surface area (Å²) in [5.74, 6) is -3.16. The van der Waals surface area contributed by atoms with E-state index < -0.39 is 56.5 Å². The van der Waals surface area contributed by atoms with E-state index in [4.69, 9.17) is 9.29 Å². The van der Waals surface area contributed by atoms with Crippen LogP contribution in [0.3, 0.4) is 0 Å². The molecule has 170 valence electrons. The molecule has 4 saturated carbocycles. The predicted octanol–water partition coefficient (Wildman–Crippen LogP) is 3.01. The molecule has 0 spiro atoms. The van der Waals surface area contributed by atoms with Crippen molar-refractivity contribution in [2.24, 2.45) is 17.3 Å². The molecule has 0 aliphatic heterocycles. The second-order valence-electron chi connectivity index (χ2n) is 8.46. The van der Waals surface area contributed by atoms with Crippen molar-refractivity contribution in [3.63, 3.8) is 0 Å². The van der Waals surface area contributed by atoms with Crippen molar-refractivity contribution < 1.29 is 54.0 Å². The van der Waals surface area contributed by atoms with Gasteiger partial charge in [-0.25, -0.2) is 4.79 Å². The topological polar surface area (TPSA) is 107 Å². The van der Waals surface area contributed by atoms with Crippen LogP contribution >= 0.6 is 0 Å². The third kappa shape index (κ3) is 3.49. The lowest BCUT2D eigenvalue weighted by Crippen LogP contribution is -2.54. The molecule has 0 aromatic rings. The minimum Gasteiger partial charge on any atom is -0.456 e. The first-order valence-electron chi connectivity index (χ1n) is 8.95. The average molecular weight is 462 g/mol. The molecule has 4 rings (SSSR count). The number of hydrogen-bond donors (Lipinski definition) is 1. The quantitative estimate of drug-likeness (QED) is 0.280. The predicted molar refractivity (Wildman–Crippen MR) is 88.6 cm³/mol. The summed E-state index contributed by atoms with van der Waals surface area (Å²) in [6.07, 6.45) is -9.61. The van der Waals surface area contributed by atoms with Crippen LogP contribution in [0.5, 0.6) is 0 Å². The Hall–Kier alpha value is -1.76. The number of carbonyl (C=O) groups is 2. The highest BCUT2D eigenvalue weighted by molar-refractivity contribution is 7.86. The van der Waals surface area contributed by atoms with Gasteiger partial charge >= 0.3 is 33.5 Å². The van der Waals surface area contributed by atoms with E-state index in [0.29, 0.717) is 12.8 Å². The van der Waals surface area contributed by atoms with E-state index in [9.17, 15) is 40.0 Å². The summed E-state index contributed by atoms with van der Waals surface area (Å²) in [5, 5.41) is -5.79. The lowest BCUT2D eigenvalue weighted by molar-refractivity contribution is -0.263. The van der Waals surface area contributed by atoms with Gasteiger partial charge in [0.15, 0.2) is 0 Å². The van der Waals surface area contributed by atoms with Gasteiger partial charge in [0, 0.05) is 12.0 Å². The summed E-state index contributed by atoms with van der Waals surface area (Å²) >= 11 is 0. The molecule has 5 atom stereocenters. The average Bonchev–Trinajstić information content (AvgIpc) is 2.93. The fourth-order valence-corrected chi connectivity index (χ4v) is 5.68. The fourth-order valence-electron chi connectivity index (χ4n) is 5.23. The van der Waals surface area contributed by atoms with Gasteiger partial charge in [0.25, 0.3) is 6.10 Å². The van der Waals surface area contributed by atoms with Crippen LogP contribution in [0.1, 0.15) is 39.0 Å². The van der Waals surface area contributed by atoms with Crippen molar-refractivity contribution in [1.82, 2.24) is 0 Å². The second kappa shape index (κ2) is 6.62. The van der Waals surface area contributed by atoms with Crippen LogP contribution in [-0.2, 0) is 29.2 Å². The molecule has 0 aromatic carbocycles. The molecule has 0 radical (unpaired) electrons. The Balaban J connectivity index is 1.89. The van der Waals surface area contributed by atoms with E-state index in [2.05, 4.69) is 11.3 Å². The smallest absolute Gasteiger partial charge is 0.432 e. The number of carbonyl (C=O) groups excluding carboxylic acids is 2. The molecular formula is C17H19F5O7S. The lowest BCUT2D eigenvalue weighted by Gasteiger charge is -2.40. The van der Waals surface area contributed by atoms with E-state index in [1.54, 1.807) is 0 Å². The summed E-state index contributed by atoms with van der Waals surface area (Å²) in [5.41, 5.74) is -2.69. The van der Waals surface area contributed by atoms with Gasteiger partial charge in [-0.05, 0) is 44.4 Å². The molecule has 0 heterocycles. The summed E-state index contributed by atoms with van der Waals surface area (Å²) in [4.78, 5) is 24.7. The first-order chi connectivity index (χ1) is 13.4. The van der Waals surface area contributed by atoms with E-state index in [-0.39, 0.29) is 30.8 Å². The van der Waals surface area contributed by atoms with Gasteiger partial charge in [0.1, 0.15) is 5.60 Å². The molecule has 4 bridgehead atoms. The Kier molecular flexibility index (Phi) is 5.05. The molecule has 13 heteroatoms. The molecule has 4 aliphatic carbocycles. The molecule has 0 saturated heterocycles. The van der Waals surface area contributed by atoms with E-state index in [1.807, 2.05) is 0 Å². The molecule has 30 heavy (non-hydrogen) atoms. The van der Waals surface area contributed by atoms with Crippen LogP contribution in [0.2, 0.25) is 0 Å². The zero-order valence-corrected chi connectivity index (χ0v) is 16.5. The maximum Gasteiger partial charge on any atom is 0.432 e. The zero-order chi connectivity index (χ0) is 22.9. The monoisotopic (exact) mass is 462 g/mol. The number of esters is 2. The lowest BCUT2D eigenvalue weighted by atomic mass is 9.73. The van der Waals surface area contributed by atoms with E-state index in [0.717, 1.165) is 0 Å². The van der Waals surface area contributed by atoms with E-state index >= 15 is 0 Å². The third-order valence-corrected chi connectivity index (χ3v) is 7.11. The van der Waals surface area contributed by atoms with Crippen LogP contribution in [0, 0.1) is 17.3 Å². The van der Waals surface area contributed by atoms with Gasteiger partial charge in [0.05, 0.1) is 5.41 Å². The standard InChI is InChI=1S/C17H19F5O7S/c1-8(2)11(23)29-14-4-9-3-10(6-14)15(5-9,7-14)13(24)28-12(16(18,19)20)17(21,22)30(25,26)27/h9-10,12H,1,3-7H2,2H3,(H,25,26,27). The normalized spacial score (nSPS) is 34.0. The SMILES string of the molecule is C=C(C)C(=O)OC12CC3CC(C1)C(C(=O)OC(C(F)(F)F)C(F)(F)S(=O)(=O)O)(C3)C2. The number of rotatable bonds is 6. The van der Waals surface area contributed by atoms with Gasteiger partial charge in [-0.1, -0.05) is 6.58 Å². The Morgan fingerprint density at radius 2 is 1.77 bits per heavy atom. The summed E-state index contributed by atoms with van der Waals surface area (Å²) in [6.45, 7) is 4.84. The zero-order valence-electron chi connectivity index (χ0n) is 15.7. The molecular weight excluding hydrogens is 443 g/mol. The van der Waals surface area contributed by atoms with Crippen LogP contribution in [-0.4, -0.2) is 48.0 Å². The summed E-state index contributed by atoms with van der Waals surface area (Å²) in [7, 11) is -6.53.